The normalized spacial score (nSPS) is 21.9. The minimum atomic E-state index is -4.10. The molecular formula is C22H28N2O4S. The van der Waals surface area contributed by atoms with E-state index in [1.807, 2.05) is 0 Å². The largest absolute Gasteiger partial charge is 0.367 e. The van der Waals surface area contributed by atoms with Gasteiger partial charge in [-0.3, -0.25) is 9.59 Å². The second-order valence-corrected chi connectivity index (χ2v) is 9.89. The molecule has 0 atom stereocenters. The molecule has 0 spiro atoms. The van der Waals surface area contributed by atoms with Gasteiger partial charge in [-0.05, 0) is 32.1 Å². The lowest BCUT2D eigenvalue weighted by Gasteiger charge is -2.34. The Hall–Kier alpha value is -1.99. The molecule has 4 rings (SSSR count). The molecule has 3 aliphatic rings. The Labute approximate surface area is 172 Å². The second kappa shape index (κ2) is 8.40. The maximum atomic E-state index is 13.4. The summed E-state index contributed by atoms with van der Waals surface area (Å²) in [7, 11) is -4.10. The number of carbonyl (C=O) groups is 2. The lowest BCUT2D eigenvalue weighted by Crippen LogP contribution is -2.43. The summed E-state index contributed by atoms with van der Waals surface area (Å²) in [4.78, 5) is 28.1. The first-order chi connectivity index (χ1) is 14.0. The SMILES string of the molecule is O=C1C(N2CCCCC2)=C(S(=O)(=O)NC2CCCCCC2)C(=O)c2ccccc21. The smallest absolute Gasteiger partial charge is 0.246 e. The quantitative estimate of drug-likeness (QED) is 0.761. The first kappa shape index (κ1) is 20.3. The lowest BCUT2D eigenvalue weighted by molar-refractivity contribution is 0.0939. The Kier molecular flexibility index (Phi) is 5.88. The Morgan fingerprint density at radius 1 is 0.793 bits per heavy atom. The molecule has 1 heterocycles. The first-order valence-electron chi connectivity index (χ1n) is 10.7. The fourth-order valence-electron chi connectivity index (χ4n) is 4.67. The van der Waals surface area contributed by atoms with E-state index in [0.29, 0.717) is 18.7 Å². The number of nitrogens with one attached hydrogen (secondary N) is 1. The summed E-state index contributed by atoms with van der Waals surface area (Å²) in [6, 6.07) is 6.35. The highest BCUT2D eigenvalue weighted by atomic mass is 32.2. The molecular weight excluding hydrogens is 388 g/mol. The van der Waals surface area contributed by atoms with Crippen molar-refractivity contribution in [3.05, 3.63) is 46.0 Å². The van der Waals surface area contributed by atoms with Crippen molar-refractivity contribution in [1.29, 1.82) is 0 Å². The molecule has 0 unspecified atom stereocenters. The van der Waals surface area contributed by atoms with Crippen LogP contribution in [0.3, 0.4) is 0 Å². The van der Waals surface area contributed by atoms with E-state index < -0.39 is 15.8 Å². The maximum Gasteiger partial charge on any atom is 0.246 e. The number of piperidine rings is 1. The van der Waals surface area contributed by atoms with Crippen LogP contribution in [-0.4, -0.2) is 44.0 Å². The van der Waals surface area contributed by atoms with Crippen LogP contribution in [0.5, 0.6) is 0 Å². The molecule has 1 aromatic carbocycles. The molecule has 1 aliphatic heterocycles. The van der Waals surface area contributed by atoms with Crippen LogP contribution in [-0.2, 0) is 10.0 Å². The summed E-state index contributed by atoms with van der Waals surface area (Å²) in [6.07, 6.45) is 8.50. The van der Waals surface area contributed by atoms with E-state index in [4.69, 9.17) is 0 Å². The van der Waals surface area contributed by atoms with E-state index in [1.54, 1.807) is 29.2 Å². The van der Waals surface area contributed by atoms with Crippen LogP contribution in [0.1, 0.15) is 78.5 Å². The van der Waals surface area contributed by atoms with Crippen LogP contribution < -0.4 is 4.72 Å². The zero-order valence-corrected chi connectivity index (χ0v) is 17.5. The van der Waals surface area contributed by atoms with Crippen LogP contribution in [0.4, 0.5) is 0 Å². The number of sulfonamides is 1. The van der Waals surface area contributed by atoms with Gasteiger partial charge in [-0.2, -0.15) is 0 Å². The van der Waals surface area contributed by atoms with Gasteiger partial charge >= 0.3 is 0 Å². The second-order valence-electron chi connectivity index (χ2n) is 8.24. The highest BCUT2D eigenvalue weighted by Crippen LogP contribution is 2.33. The van der Waals surface area contributed by atoms with Crippen LogP contribution >= 0.6 is 0 Å². The summed E-state index contributed by atoms with van der Waals surface area (Å²) in [6.45, 7) is 1.19. The van der Waals surface area contributed by atoms with E-state index in [1.165, 1.54) is 0 Å². The number of rotatable bonds is 4. The Morgan fingerprint density at radius 2 is 1.34 bits per heavy atom. The zero-order valence-electron chi connectivity index (χ0n) is 16.7. The Morgan fingerprint density at radius 3 is 1.97 bits per heavy atom. The van der Waals surface area contributed by atoms with Crippen LogP contribution in [0.15, 0.2) is 34.9 Å². The van der Waals surface area contributed by atoms with Gasteiger partial charge < -0.3 is 4.90 Å². The highest BCUT2D eigenvalue weighted by molar-refractivity contribution is 7.94. The molecule has 0 bridgehead atoms. The van der Waals surface area contributed by atoms with Gasteiger partial charge in [0.05, 0.1) is 0 Å². The molecule has 2 fully saturated rings. The van der Waals surface area contributed by atoms with E-state index >= 15 is 0 Å². The lowest BCUT2D eigenvalue weighted by atomic mass is 9.91. The molecule has 0 aromatic heterocycles. The van der Waals surface area contributed by atoms with E-state index in [0.717, 1.165) is 57.8 Å². The van der Waals surface area contributed by atoms with Crippen molar-refractivity contribution in [3.8, 4) is 0 Å². The summed E-state index contributed by atoms with van der Waals surface area (Å²) in [5.74, 6) is -0.926. The van der Waals surface area contributed by atoms with Crippen LogP contribution in [0, 0.1) is 0 Å². The van der Waals surface area contributed by atoms with Crippen molar-refractivity contribution in [2.24, 2.45) is 0 Å². The monoisotopic (exact) mass is 416 g/mol. The van der Waals surface area contributed by atoms with Gasteiger partial charge in [0.1, 0.15) is 5.70 Å². The number of carbonyl (C=O) groups excluding carboxylic acids is 2. The third-order valence-electron chi connectivity index (χ3n) is 6.17. The number of fused-ring (bicyclic) bond motifs is 1. The molecule has 0 amide bonds. The standard InChI is InChI=1S/C22H28N2O4S/c25-20-17-12-6-7-13-18(17)21(26)22(19(20)24-14-8-3-9-15-24)29(27,28)23-16-10-4-1-2-5-11-16/h6-7,12-13,16,23H,1-5,8-11,14-15H2. The van der Waals surface area contributed by atoms with Crippen molar-refractivity contribution >= 4 is 21.6 Å². The average Bonchev–Trinajstić information content (AvgIpc) is 2.99. The van der Waals surface area contributed by atoms with Gasteiger partial charge in [0.25, 0.3) is 0 Å². The van der Waals surface area contributed by atoms with Gasteiger partial charge in [-0.1, -0.05) is 49.9 Å². The van der Waals surface area contributed by atoms with Crippen molar-refractivity contribution in [2.45, 2.75) is 63.8 Å². The third kappa shape index (κ3) is 4.03. The predicted octanol–water partition coefficient (Wildman–Crippen LogP) is 3.41. The van der Waals surface area contributed by atoms with Gasteiger partial charge in [-0.15, -0.1) is 0 Å². The van der Waals surface area contributed by atoms with Crippen molar-refractivity contribution in [3.63, 3.8) is 0 Å². The minimum Gasteiger partial charge on any atom is -0.367 e. The van der Waals surface area contributed by atoms with E-state index in [9.17, 15) is 18.0 Å². The number of hydrogen-bond acceptors (Lipinski definition) is 5. The number of nitrogens with zero attached hydrogens (tertiary/aromatic N) is 1. The summed E-state index contributed by atoms with van der Waals surface area (Å²) < 4.78 is 29.6. The molecule has 156 valence electrons. The van der Waals surface area contributed by atoms with Gasteiger partial charge in [0, 0.05) is 30.3 Å². The van der Waals surface area contributed by atoms with Crippen molar-refractivity contribution in [2.75, 3.05) is 13.1 Å². The molecule has 1 saturated heterocycles. The van der Waals surface area contributed by atoms with E-state index in [2.05, 4.69) is 4.72 Å². The number of ketones is 2. The van der Waals surface area contributed by atoms with Gasteiger partial charge in [0.2, 0.25) is 21.6 Å². The number of allylic oxidation sites excluding steroid dienone is 2. The predicted molar refractivity (Wildman–Crippen MR) is 111 cm³/mol. The Bertz CT molecular complexity index is 937. The maximum absolute atomic E-state index is 13.4. The van der Waals surface area contributed by atoms with Crippen LogP contribution in [0.2, 0.25) is 0 Å². The molecule has 2 aliphatic carbocycles. The number of Topliss-reactive ketones (excluding diaryl/α,β-unsaturated/α-hetero) is 2. The fourth-order valence-corrected chi connectivity index (χ4v) is 6.29. The molecule has 7 heteroatoms. The van der Waals surface area contributed by atoms with Gasteiger partial charge in [-0.25, -0.2) is 13.1 Å². The van der Waals surface area contributed by atoms with Gasteiger partial charge in [0.15, 0.2) is 4.91 Å². The molecule has 0 radical (unpaired) electrons. The number of benzene rings is 1. The number of hydrogen-bond donors (Lipinski definition) is 1. The summed E-state index contributed by atoms with van der Waals surface area (Å²) in [5, 5.41) is 0. The average molecular weight is 417 g/mol. The van der Waals surface area contributed by atoms with E-state index in [-0.39, 0.29) is 28.0 Å². The van der Waals surface area contributed by atoms with Crippen molar-refractivity contribution in [1.82, 2.24) is 9.62 Å². The molecule has 29 heavy (non-hydrogen) atoms. The number of likely N-dealkylation sites (tertiary alicyclic amines) is 1. The summed E-state index contributed by atoms with van der Waals surface area (Å²) >= 11 is 0. The highest BCUT2D eigenvalue weighted by Gasteiger charge is 2.42. The van der Waals surface area contributed by atoms with Crippen LogP contribution in [0.25, 0.3) is 0 Å². The minimum absolute atomic E-state index is 0.0644. The molecule has 1 N–H and O–H groups in total. The Balaban J connectivity index is 1.78. The third-order valence-corrected chi connectivity index (χ3v) is 7.73. The summed E-state index contributed by atoms with van der Waals surface area (Å²) in [5.41, 5.74) is 0.542. The molecule has 6 nitrogen and oxygen atoms in total. The van der Waals surface area contributed by atoms with Crippen molar-refractivity contribution < 1.29 is 18.0 Å². The first-order valence-corrected chi connectivity index (χ1v) is 12.2. The molecule has 1 saturated carbocycles. The fraction of sp³-hybridized carbons (Fsp3) is 0.545. The molecule has 1 aromatic rings. The topological polar surface area (TPSA) is 83.6 Å². The zero-order chi connectivity index (χ0) is 20.4.